The van der Waals surface area contributed by atoms with Gasteiger partial charge in [-0.15, -0.1) is 0 Å². The zero-order chi connectivity index (χ0) is 8.97. The van der Waals surface area contributed by atoms with Crippen LogP contribution in [0.15, 0.2) is 0 Å². The lowest BCUT2D eigenvalue weighted by atomic mass is 10.1. The smallest absolute Gasteiger partial charge is 0.0107 e. The van der Waals surface area contributed by atoms with E-state index in [1.54, 1.807) is 0 Å². The van der Waals surface area contributed by atoms with Crippen LogP contribution < -0.4 is 5.32 Å². The second-order valence-corrected chi connectivity index (χ2v) is 4.46. The fourth-order valence-electron chi connectivity index (χ4n) is 1.86. The summed E-state index contributed by atoms with van der Waals surface area (Å²) in [6, 6.07) is 0. The maximum Gasteiger partial charge on any atom is 0.0107 e. The van der Waals surface area contributed by atoms with Gasteiger partial charge >= 0.3 is 0 Å². The lowest BCUT2D eigenvalue weighted by Gasteiger charge is -2.23. The lowest BCUT2D eigenvalue weighted by Crippen LogP contribution is -2.32. The van der Waals surface area contributed by atoms with E-state index in [4.69, 9.17) is 0 Å². The highest BCUT2D eigenvalue weighted by atomic mass is 15.2. The second-order valence-electron chi connectivity index (χ2n) is 4.46. The predicted molar refractivity (Wildman–Crippen MR) is 53.3 cm³/mol. The Morgan fingerprint density at radius 1 is 1.50 bits per heavy atom. The molecule has 0 saturated carbocycles. The molecule has 1 fully saturated rings. The molecule has 0 aliphatic carbocycles. The molecule has 2 heteroatoms. The lowest BCUT2D eigenvalue weighted by molar-refractivity contribution is 0.237. The maximum atomic E-state index is 3.46. The summed E-state index contributed by atoms with van der Waals surface area (Å²) in [5, 5.41) is 3.46. The first-order valence-electron chi connectivity index (χ1n) is 5.11. The topological polar surface area (TPSA) is 15.3 Å². The molecule has 0 aromatic heterocycles. The Balaban J connectivity index is 2.31. The highest BCUT2D eigenvalue weighted by molar-refractivity contribution is 4.71. The molecule has 0 spiro atoms. The van der Waals surface area contributed by atoms with Crippen molar-refractivity contribution in [2.75, 3.05) is 32.7 Å². The van der Waals surface area contributed by atoms with Gasteiger partial charge < -0.3 is 10.2 Å². The highest BCUT2D eigenvalue weighted by Crippen LogP contribution is 2.05. The van der Waals surface area contributed by atoms with Gasteiger partial charge in [0.05, 0.1) is 0 Å². The van der Waals surface area contributed by atoms with Crippen LogP contribution in [0.1, 0.15) is 20.8 Å². The van der Waals surface area contributed by atoms with Crippen molar-refractivity contribution < 1.29 is 0 Å². The van der Waals surface area contributed by atoms with Crippen LogP contribution in [0.4, 0.5) is 0 Å². The van der Waals surface area contributed by atoms with E-state index < -0.39 is 0 Å². The number of hydrogen-bond acceptors (Lipinski definition) is 2. The van der Waals surface area contributed by atoms with E-state index in [0.717, 1.165) is 18.4 Å². The molecule has 0 amide bonds. The molecule has 0 aromatic carbocycles. The molecule has 1 saturated heterocycles. The van der Waals surface area contributed by atoms with Gasteiger partial charge in [0.2, 0.25) is 0 Å². The van der Waals surface area contributed by atoms with Crippen LogP contribution in [0, 0.1) is 11.8 Å². The first kappa shape index (κ1) is 10.0. The molecule has 1 aliphatic rings. The molecule has 1 unspecified atom stereocenters. The monoisotopic (exact) mass is 170 g/mol. The van der Waals surface area contributed by atoms with Crippen molar-refractivity contribution in [3.63, 3.8) is 0 Å². The van der Waals surface area contributed by atoms with Crippen LogP contribution in [-0.2, 0) is 0 Å². The molecule has 12 heavy (non-hydrogen) atoms. The first-order chi connectivity index (χ1) is 5.68. The third kappa shape index (κ3) is 3.55. The number of hydrogen-bond donors (Lipinski definition) is 1. The second kappa shape index (κ2) is 4.83. The molecule has 0 bridgehead atoms. The zero-order valence-corrected chi connectivity index (χ0v) is 8.64. The Hall–Kier alpha value is -0.0800. The average Bonchev–Trinajstić information content (AvgIpc) is 2.12. The molecule has 1 aliphatic heterocycles. The van der Waals surface area contributed by atoms with Crippen molar-refractivity contribution in [3.05, 3.63) is 0 Å². The minimum absolute atomic E-state index is 0.801. The summed E-state index contributed by atoms with van der Waals surface area (Å²) in [4.78, 5) is 2.58. The van der Waals surface area contributed by atoms with Crippen LogP contribution in [0.25, 0.3) is 0 Å². The Bertz CT molecular complexity index is 123. The predicted octanol–water partition coefficient (Wildman–Crippen LogP) is 1.18. The standard InChI is InChI=1S/C10H22N2/c1-9(2)7-12-5-4-11-6-10(3)8-12/h9-11H,4-8H2,1-3H3. The van der Waals surface area contributed by atoms with Gasteiger partial charge in [0.15, 0.2) is 0 Å². The van der Waals surface area contributed by atoms with Gasteiger partial charge in [-0.3, -0.25) is 0 Å². The van der Waals surface area contributed by atoms with Gasteiger partial charge in [0.1, 0.15) is 0 Å². The Kier molecular flexibility index (Phi) is 4.02. The van der Waals surface area contributed by atoms with E-state index in [1.165, 1.54) is 26.2 Å². The zero-order valence-electron chi connectivity index (χ0n) is 8.64. The molecule has 1 rings (SSSR count). The molecule has 0 aromatic rings. The third-order valence-corrected chi connectivity index (χ3v) is 2.29. The number of nitrogens with one attached hydrogen (secondary N) is 1. The van der Waals surface area contributed by atoms with E-state index in [2.05, 4.69) is 31.0 Å². The summed E-state index contributed by atoms with van der Waals surface area (Å²) < 4.78 is 0. The van der Waals surface area contributed by atoms with Crippen LogP contribution in [-0.4, -0.2) is 37.6 Å². The molecule has 0 radical (unpaired) electrons. The van der Waals surface area contributed by atoms with E-state index in [9.17, 15) is 0 Å². The molecule has 1 heterocycles. The number of nitrogens with zero attached hydrogens (tertiary/aromatic N) is 1. The SMILES string of the molecule is CC(C)CN1CCNCC(C)C1. The van der Waals surface area contributed by atoms with Crippen LogP contribution in [0.5, 0.6) is 0 Å². The Labute approximate surface area is 76.3 Å². The van der Waals surface area contributed by atoms with Gasteiger partial charge in [-0.1, -0.05) is 20.8 Å². The third-order valence-electron chi connectivity index (χ3n) is 2.29. The largest absolute Gasteiger partial charge is 0.315 e. The van der Waals surface area contributed by atoms with Crippen LogP contribution >= 0.6 is 0 Å². The summed E-state index contributed by atoms with van der Waals surface area (Å²) >= 11 is 0. The van der Waals surface area contributed by atoms with Crippen LogP contribution in [0.3, 0.4) is 0 Å². The molecular formula is C10H22N2. The fraction of sp³-hybridized carbons (Fsp3) is 1.00. The van der Waals surface area contributed by atoms with E-state index in [0.29, 0.717) is 0 Å². The minimum Gasteiger partial charge on any atom is -0.315 e. The van der Waals surface area contributed by atoms with E-state index in [1.807, 2.05) is 0 Å². The molecule has 2 nitrogen and oxygen atoms in total. The highest BCUT2D eigenvalue weighted by Gasteiger charge is 2.14. The fourth-order valence-corrected chi connectivity index (χ4v) is 1.86. The van der Waals surface area contributed by atoms with Crippen molar-refractivity contribution in [2.24, 2.45) is 11.8 Å². The van der Waals surface area contributed by atoms with E-state index >= 15 is 0 Å². The van der Waals surface area contributed by atoms with Crippen LogP contribution in [0.2, 0.25) is 0 Å². The van der Waals surface area contributed by atoms with Crippen molar-refractivity contribution >= 4 is 0 Å². The quantitative estimate of drug-likeness (QED) is 0.669. The number of rotatable bonds is 2. The summed E-state index contributed by atoms with van der Waals surface area (Å²) in [7, 11) is 0. The summed E-state index contributed by atoms with van der Waals surface area (Å²) in [5.74, 6) is 1.61. The van der Waals surface area contributed by atoms with Gasteiger partial charge in [0, 0.05) is 26.2 Å². The van der Waals surface area contributed by atoms with Crippen molar-refractivity contribution in [1.29, 1.82) is 0 Å². The molecule has 1 atom stereocenters. The van der Waals surface area contributed by atoms with Crippen molar-refractivity contribution in [1.82, 2.24) is 10.2 Å². The molecule has 1 N–H and O–H groups in total. The molecule has 72 valence electrons. The maximum absolute atomic E-state index is 3.46. The summed E-state index contributed by atoms with van der Waals surface area (Å²) in [6.45, 7) is 13.0. The average molecular weight is 170 g/mol. The first-order valence-corrected chi connectivity index (χ1v) is 5.11. The van der Waals surface area contributed by atoms with Gasteiger partial charge in [0.25, 0.3) is 0 Å². The van der Waals surface area contributed by atoms with Crippen molar-refractivity contribution in [2.45, 2.75) is 20.8 Å². The molecular weight excluding hydrogens is 148 g/mol. The van der Waals surface area contributed by atoms with Crippen molar-refractivity contribution in [3.8, 4) is 0 Å². The summed E-state index contributed by atoms with van der Waals surface area (Å²) in [6.07, 6.45) is 0. The van der Waals surface area contributed by atoms with Gasteiger partial charge in [-0.05, 0) is 18.4 Å². The Morgan fingerprint density at radius 2 is 2.25 bits per heavy atom. The Morgan fingerprint density at radius 3 is 2.92 bits per heavy atom. The normalized spacial score (nSPS) is 27.5. The van der Waals surface area contributed by atoms with E-state index in [-0.39, 0.29) is 0 Å². The summed E-state index contributed by atoms with van der Waals surface area (Å²) in [5.41, 5.74) is 0. The minimum atomic E-state index is 0.801. The van der Waals surface area contributed by atoms with Gasteiger partial charge in [-0.25, -0.2) is 0 Å². The van der Waals surface area contributed by atoms with Gasteiger partial charge in [-0.2, -0.15) is 0 Å².